The molecule has 0 radical (unpaired) electrons. The molecule has 0 unspecified atom stereocenters. The lowest BCUT2D eigenvalue weighted by Crippen LogP contribution is -1.96. The molecular weight excluding hydrogens is 215 g/mol. The fourth-order valence-corrected chi connectivity index (χ4v) is 1.39. The molecule has 0 aliphatic heterocycles. The zero-order valence-corrected chi connectivity index (χ0v) is 8.97. The maximum atomic E-state index is 12.8. The molecule has 2 rings (SSSR count). The Morgan fingerprint density at radius 2 is 1.65 bits per heavy atom. The highest BCUT2D eigenvalue weighted by atomic mass is 19.1. The van der Waals surface area contributed by atoms with Crippen LogP contribution in [0.25, 0.3) is 0 Å². The minimum Gasteiger partial charge on any atom is -0.237 e. The van der Waals surface area contributed by atoms with Crippen LogP contribution in [0.3, 0.4) is 0 Å². The van der Waals surface area contributed by atoms with Gasteiger partial charge in [0.05, 0.1) is 5.69 Å². The summed E-state index contributed by atoms with van der Waals surface area (Å²) >= 11 is 0. The van der Waals surface area contributed by atoms with Gasteiger partial charge in [0.2, 0.25) is 0 Å². The van der Waals surface area contributed by atoms with Crippen LogP contribution in [-0.2, 0) is 0 Å². The Balaban J connectivity index is 2.38. The van der Waals surface area contributed by atoms with Crippen LogP contribution in [0.5, 0.6) is 0 Å². The third-order valence-electron chi connectivity index (χ3n) is 2.22. The van der Waals surface area contributed by atoms with E-state index in [1.165, 1.54) is 12.1 Å². The number of halogens is 1. The Kier molecular flexibility index (Phi) is 3.27. The number of para-hydroxylation sites is 1. The van der Waals surface area contributed by atoms with E-state index in [1.807, 2.05) is 24.3 Å². The standard InChI is InChI=1S/C14H9FN2/c15-12-8-6-11(7-9-12)14(10-16)17-13-4-2-1-3-5-13/h1-9H/b17-14+. The number of aliphatic imine (C=N–C) groups is 1. The molecule has 0 saturated heterocycles. The molecule has 0 N–H and O–H groups in total. The molecule has 0 amide bonds. The molecule has 2 nitrogen and oxygen atoms in total. The average molecular weight is 224 g/mol. The van der Waals surface area contributed by atoms with Crippen LogP contribution in [0, 0.1) is 17.1 Å². The van der Waals surface area contributed by atoms with Gasteiger partial charge < -0.3 is 0 Å². The van der Waals surface area contributed by atoms with E-state index in [2.05, 4.69) is 4.99 Å². The van der Waals surface area contributed by atoms with E-state index < -0.39 is 0 Å². The van der Waals surface area contributed by atoms with E-state index in [4.69, 9.17) is 5.26 Å². The Bertz CT molecular complexity index is 565. The van der Waals surface area contributed by atoms with E-state index in [0.717, 1.165) is 0 Å². The summed E-state index contributed by atoms with van der Waals surface area (Å²) in [7, 11) is 0. The van der Waals surface area contributed by atoms with Gasteiger partial charge in [-0.25, -0.2) is 9.38 Å². The smallest absolute Gasteiger partial charge is 0.148 e. The Labute approximate surface area is 98.7 Å². The number of benzene rings is 2. The van der Waals surface area contributed by atoms with Crippen molar-refractivity contribution in [2.24, 2.45) is 4.99 Å². The molecule has 0 aliphatic carbocycles. The normalized spacial score (nSPS) is 10.9. The van der Waals surface area contributed by atoms with Crippen LogP contribution in [0.2, 0.25) is 0 Å². The van der Waals surface area contributed by atoms with Crippen molar-refractivity contribution in [3.8, 4) is 6.07 Å². The van der Waals surface area contributed by atoms with Crippen molar-refractivity contribution in [2.45, 2.75) is 0 Å². The number of nitrogens with zero attached hydrogens (tertiary/aromatic N) is 2. The SMILES string of the molecule is N#C/C(=N\c1ccccc1)c1ccc(F)cc1. The second-order valence-corrected chi connectivity index (χ2v) is 3.41. The lowest BCUT2D eigenvalue weighted by Gasteiger charge is -1.98. The predicted molar refractivity (Wildman–Crippen MR) is 64.7 cm³/mol. The molecule has 0 fully saturated rings. The molecule has 2 aromatic carbocycles. The van der Waals surface area contributed by atoms with Crippen molar-refractivity contribution in [1.82, 2.24) is 0 Å². The molecule has 0 spiro atoms. The van der Waals surface area contributed by atoms with E-state index in [-0.39, 0.29) is 11.5 Å². The van der Waals surface area contributed by atoms with Gasteiger partial charge in [0.15, 0.2) is 0 Å². The van der Waals surface area contributed by atoms with Crippen LogP contribution >= 0.6 is 0 Å². The first-order chi connectivity index (χ1) is 8.29. The summed E-state index contributed by atoms with van der Waals surface area (Å²) in [5.74, 6) is -0.328. The topological polar surface area (TPSA) is 36.1 Å². The molecule has 0 bridgehead atoms. The van der Waals surface area contributed by atoms with Crippen molar-refractivity contribution in [1.29, 1.82) is 5.26 Å². The molecule has 0 aliphatic rings. The van der Waals surface area contributed by atoms with Gasteiger partial charge in [-0.2, -0.15) is 5.26 Å². The summed E-state index contributed by atoms with van der Waals surface area (Å²) in [6.45, 7) is 0. The summed E-state index contributed by atoms with van der Waals surface area (Å²) in [4.78, 5) is 4.21. The Hall–Kier alpha value is -2.47. The monoisotopic (exact) mass is 224 g/mol. The largest absolute Gasteiger partial charge is 0.237 e. The van der Waals surface area contributed by atoms with Gasteiger partial charge in [-0.1, -0.05) is 18.2 Å². The zero-order valence-electron chi connectivity index (χ0n) is 8.97. The summed E-state index contributed by atoms with van der Waals surface area (Å²) < 4.78 is 12.8. The average Bonchev–Trinajstić information content (AvgIpc) is 2.38. The van der Waals surface area contributed by atoms with Crippen LogP contribution in [-0.4, -0.2) is 5.71 Å². The predicted octanol–water partition coefficient (Wildman–Crippen LogP) is 3.47. The highest BCUT2D eigenvalue weighted by molar-refractivity contribution is 6.12. The van der Waals surface area contributed by atoms with Crippen LogP contribution in [0.4, 0.5) is 10.1 Å². The highest BCUT2D eigenvalue weighted by Gasteiger charge is 2.02. The lowest BCUT2D eigenvalue weighted by atomic mass is 10.1. The molecule has 0 aromatic heterocycles. The summed E-state index contributed by atoms with van der Waals surface area (Å²) in [6, 6.07) is 16.9. The number of hydrogen-bond acceptors (Lipinski definition) is 2. The fourth-order valence-electron chi connectivity index (χ4n) is 1.39. The molecule has 3 heteroatoms. The summed E-state index contributed by atoms with van der Waals surface area (Å²) in [5, 5.41) is 9.04. The van der Waals surface area contributed by atoms with Gasteiger partial charge in [0, 0.05) is 5.56 Å². The second kappa shape index (κ2) is 5.04. The van der Waals surface area contributed by atoms with Gasteiger partial charge in [-0.15, -0.1) is 0 Å². The van der Waals surface area contributed by atoms with Gasteiger partial charge >= 0.3 is 0 Å². The first-order valence-electron chi connectivity index (χ1n) is 5.09. The molecule has 2 aromatic rings. The van der Waals surface area contributed by atoms with Gasteiger partial charge in [0.25, 0.3) is 0 Å². The van der Waals surface area contributed by atoms with E-state index in [9.17, 15) is 4.39 Å². The third-order valence-corrected chi connectivity index (χ3v) is 2.22. The molecule has 0 saturated carbocycles. The second-order valence-electron chi connectivity index (χ2n) is 3.41. The minimum absolute atomic E-state index is 0.274. The van der Waals surface area contributed by atoms with Crippen molar-refractivity contribution in [3.63, 3.8) is 0 Å². The van der Waals surface area contributed by atoms with E-state index in [0.29, 0.717) is 11.3 Å². The van der Waals surface area contributed by atoms with Crippen molar-refractivity contribution in [2.75, 3.05) is 0 Å². The fraction of sp³-hybridized carbons (Fsp3) is 0. The van der Waals surface area contributed by atoms with Crippen molar-refractivity contribution >= 4 is 11.4 Å². The van der Waals surface area contributed by atoms with Crippen molar-refractivity contribution < 1.29 is 4.39 Å². The molecule has 17 heavy (non-hydrogen) atoms. The molecule has 0 heterocycles. The Morgan fingerprint density at radius 1 is 1.00 bits per heavy atom. The third kappa shape index (κ3) is 2.76. The maximum absolute atomic E-state index is 12.8. The van der Waals surface area contributed by atoms with Crippen LogP contribution < -0.4 is 0 Å². The molecule has 0 atom stereocenters. The quantitative estimate of drug-likeness (QED) is 0.719. The van der Waals surface area contributed by atoms with Gasteiger partial charge in [0.1, 0.15) is 17.6 Å². The highest BCUT2D eigenvalue weighted by Crippen LogP contribution is 2.13. The van der Waals surface area contributed by atoms with Crippen molar-refractivity contribution in [3.05, 3.63) is 66.0 Å². The number of nitriles is 1. The lowest BCUT2D eigenvalue weighted by molar-refractivity contribution is 0.628. The summed E-state index contributed by atoms with van der Waals surface area (Å²) in [5.41, 5.74) is 1.59. The minimum atomic E-state index is -0.328. The first-order valence-corrected chi connectivity index (χ1v) is 5.09. The maximum Gasteiger partial charge on any atom is 0.148 e. The Morgan fingerprint density at radius 3 is 2.24 bits per heavy atom. The number of hydrogen-bond donors (Lipinski definition) is 0. The molecular formula is C14H9FN2. The van der Waals surface area contributed by atoms with Crippen LogP contribution in [0.1, 0.15) is 5.56 Å². The number of rotatable bonds is 2. The summed E-state index contributed by atoms with van der Waals surface area (Å²) in [6.07, 6.45) is 0. The van der Waals surface area contributed by atoms with E-state index >= 15 is 0 Å². The van der Waals surface area contributed by atoms with E-state index in [1.54, 1.807) is 24.3 Å². The molecule has 82 valence electrons. The van der Waals surface area contributed by atoms with Gasteiger partial charge in [-0.3, -0.25) is 0 Å². The van der Waals surface area contributed by atoms with Crippen LogP contribution in [0.15, 0.2) is 59.6 Å². The zero-order chi connectivity index (χ0) is 12.1. The first kappa shape index (κ1) is 11.0. The van der Waals surface area contributed by atoms with Gasteiger partial charge in [-0.05, 0) is 36.4 Å².